The summed E-state index contributed by atoms with van der Waals surface area (Å²) in [5.74, 6) is 5.00. The molecule has 6 heterocycles. The molecule has 6 rings (SSSR count). The Labute approximate surface area is 412 Å². The molecule has 2 unspecified atom stereocenters. The van der Waals surface area contributed by atoms with Crippen LogP contribution in [0.3, 0.4) is 0 Å². The van der Waals surface area contributed by atoms with E-state index in [9.17, 15) is 12.6 Å². The van der Waals surface area contributed by atoms with E-state index in [2.05, 4.69) is 192 Å². The molecule has 0 saturated carbocycles. The summed E-state index contributed by atoms with van der Waals surface area (Å²) < 4.78 is 38.5. The maximum Gasteiger partial charge on any atom is 0.152 e. The van der Waals surface area contributed by atoms with Gasteiger partial charge in [0.1, 0.15) is 0 Å². The molecule has 14 heteroatoms. The van der Waals surface area contributed by atoms with Gasteiger partial charge in [-0.15, -0.1) is 0 Å². The Morgan fingerprint density at radius 1 is 0.462 bits per heavy atom. The van der Waals surface area contributed by atoms with Crippen molar-refractivity contribution in [3.63, 3.8) is 0 Å². The number of morpholine rings is 1. The van der Waals surface area contributed by atoms with Crippen LogP contribution in [-0.4, -0.2) is 226 Å². The number of rotatable bonds is 0. The highest BCUT2D eigenvalue weighted by Gasteiger charge is 2.33. The second kappa shape index (κ2) is 27.7. The van der Waals surface area contributed by atoms with E-state index in [1.807, 2.05) is 0 Å². The summed E-state index contributed by atoms with van der Waals surface area (Å²) in [7, 11) is -1.02. The molecule has 6 saturated heterocycles. The van der Waals surface area contributed by atoms with E-state index in [0.29, 0.717) is 58.8 Å². The minimum absolute atomic E-state index is 0.107. The number of sulfone groups is 1. The Bertz CT molecular complexity index is 1360. The highest BCUT2D eigenvalue weighted by molar-refractivity contribution is 7.99. The van der Waals surface area contributed by atoms with Crippen LogP contribution in [-0.2, 0) is 25.4 Å². The van der Waals surface area contributed by atoms with Crippen molar-refractivity contribution in [2.75, 3.05) is 133 Å². The highest BCUT2D eigenvalue weighted by Crippen LogP contribution is 2.23. The van der Waals surface area contributed by atoms with Crippen molar-refractivity contribution in [2.24, 2.45) is 0 Å². The fraction of sp³-hybridized carbons (Fsp3) is 1.00. The van der Waals surface area contributed by atoms with Crippen molar-refractivity contribution in [3.05, 3.63) is 0 Å². The van der Waals surface area contributed by atoms with Gasteiger partial charge in [-0.05, 0) is 171 Å². The molecule has 0 bridgehead atoms. The van der Waals surface area contributed by atoms with Crippen LogP contribution in [0.25, 0.3) is 0 Å². The van der Waals surface area contributed by atoms with Crippen molar-refractivity contribution >= 4 is 32.4 Å². The first-order valence-corrected chi connectivity index (χ1v) is 29.8. The van der Waals surface area contributed by atoms with Gasteiger partial charge in [0.25, 0.3) is 0 Å². The Kier molecular flexibility index (Phi) is 26.9. The van der Waals surface area contributed by atoms with Crippen LogP contribution >= 0.6 is 11.8 Å². The largest absolute Gasteiger partial charge is 0.379 e. The normalized spacial score (nSPS) is 25.8. The maximum absolute atomic E-state index is 11.1. The van der Waals surface area contributed by atoms with Gasteiger partial charge in [0, 0.05) is 145 Å². The molecular weight excluding hydrogens is 871 g/mol. The molecule has 11 nitrogen and oxygen atoms in total. The number of piperazine rings is 1. The molecule has 2 atom stereocenters. The van der Waals surface area contributed by atoms with Crippen LogP contribution < -0.4 is 0 Å². The number of ether oxygens (including phenoxy) is 1. The van der Waals surface area contributed by atoms with Gasteiger partial charge >= 0.3 is 0 Å². The van der Waals surface area contributed by atoms with Crippen LogP contribution in [0.1, 0.15) is 151 Å². The number of likely N-dealkylation sites (N-methyl/N-ethyl adjacent to an activating group) is 1. The Morgan fingerprint density at radius 3 is 1.08 bits per heavy atom. The smallest absolute Gasteiger partial charge is 0.152 e. The summed E-state index contributed by atoms with van der Waals surface area (Å²) >= 11 is 2.07. The second-order valence-corrected chi connectivity index (χ2v) is 30.4. The third-order valence-electron chi connectivity index (χ3n) is 13.7. The molecule has 390 valence electrons. The maximum atomic E-state index is 11.1. The van der Waals surface area contributed by atoms with Gasteiger partial charge in [-0.2, -0.15) is 11.8 Å². The number of thioether (sulfide) groups is 1. The molecule has 0 radical (unpaired) electrons. The lowest BCUT2D eigenvalue weighted by molar-refractivity contribution is -0.00389. The lowest BCUT2D eigenvalue weighted by atomic mass is 10.00. The van der Waals surface area contributed by atoms with Gasteiger partial charge in [0.2, 0.25) is 0 Å². The van der Waals surface area contributed by atoms with Crippen LogP contribution in [0.5, 0.6) is 0 Å². The third kappa shape index (κ3) is 26.2. The van der Waals surface area contributed by atoms with Crippen molar-refractivity contribution in [2.45, 2.75) is 197 Å². The topological polar surface area (TPSA) is 83.1 Å². The average molecular weight is 981 g/mol. The zero-order valence-corrected chi connectivity index (χ0v) is 49.1. The van der Waals surface area contributed by atoms with E-state index in [1.54, 1.807) is 0 Å². The molecule has 0 N–H and O–H groups in total. The van der Waals surface area contributed by atoms with Gasteiger partial charge in [0.15, 0.2) is 9.84 Å². The fourth-order valence-corrected chi connectivity index (χ4v) is 11.7. The van der Waals surface area contributed by atoms with Crippen LogP contribution in [0.4, 0.5) is 0 Å². The van der Waals surface area contributed by atoms with E-state index in [1.165, 1.54) is 63.6 Å². The molecule has 6 fully saturated rings. The summed E-state index contributed by atoms with van der Waals surface area (Å²) in [6.45, 7) is 59.9. The van der Waals surface area contributed by atoms with Gasteiger partial charge in [-0.3, -0.25) is 38.5 Å². The van der Waals surface area contributed by atoms with Crippen molar-refractivity contribution in [1.82, 2.24) is 34.3 Å². The van der Waals surface area contributed by atoms with E-state index < -0.39 is 20.6 Å². The summed E-state index contributed by atoms with van der Waals surface area (Å²) in [5.41, 5.74) is 1.81. The van der Waals surface area contributed by atoms with Crippen molar-refractivity contribution in [1.29, 1.82) is 0 Å². The van der Waals surface area contributed by atoms with Gasteiger partial charge in [0.05, 0.1) is 24.7 Å². The monoisotopic (exact) mass is 980 g/mol. The predicted octanol–water partition coefficient (Wildman–Crippen LogP) is 8.01. The molecule has 0 aliphatic carbocycles. The molecule has 0 spiro atoms. The Morgan fingerprint density at radius 2 is 0.769 bits per heavy atom. The minimum Gasteiger partial charge on any atom is -0.379 e. The standard InChI is InChI=1S/C11H24N2.C8H17NO2S.C8H17NOS.C8H17NO.C8H17NS.C8H17N/c1-9-7-13(11(3,4)5)8-10(2)12(9)6;1-8(2,3)9-4-6-12(10,11)7-5-9;1-8(2,3)9-4-6-11(10)7-5-9;2*1-8(2,3)9-4-6-10-7-5-9;1-8(2,3)9-6-4-5-7-9/h9-10H,7-8H2,1-6H3;4-7H2,1-3H3;4-7H2,1-3H3;2*4-7H2,1-3H3;4-7H2,1-3H3. The molecule has 6 aliphatic rings. The van der Waals surface area contributed by atoms with Crippen molar-refractivity contribution < 1.29 is 17.4 Å². The summed E-state index contributed by atoms with van der Waals surface area (Å²) in [6.07, 6.45) is 2.80. The minimum atomic E-state index is -2.72. The molecule has 0 aromatic rings. The van der Waals surface area contributed by atoms with Gasteiger partial charge in [-0.25, -0.2) is 8.42 Å². The average Bonchev–Trinajstić information content (AvgIpc) is 3.74. The fourth-order valence-electron chi connectivity index (χ4n) is 8.50. The quantitative estimate of drug-likeness (QED) is 0.236. The van der Waals surface area contributed by atoms with E-state index in [0.717, 1.165) is 50.9 Å². The van der Waals surface area contributed by atoms with Gasteiger partial charge in [-0.1, -0.05) is 0 Å². The summed E-state index contributed by atoms with van der Waals surface area (Å²) in [4.78, 5) is 17.2. The molecule has 6 aliphatic heterocycles. The van der Waals surface area contributed by atoms with Crippen LogP contribution in [0.15, 0.2) is 0 Å². The molecule has 0 aromatic carbocycles. The molecule has 65 heavy (non-hydrogen) atoms. The van der Waals surface area contributed by atoms with E-state index in [4.69, 9.17) is 4.74 Å². The summed E-state index contributed by atoms with van der Waals surface area (Å²) in [6, 6.07) is 1.37. The Hall–Kier alpha value is 0.130. The first kappa shape index (κ1) is 63.1. The zero-order chi connectivity index (χ0) is 50.2. The first-order chi connectivity index (χ1) is 29.4. The number of hydrogen-bond acceptors (Lipinski definition) is 12. The lowest BCUT2D eigenvalue weighted by Crippen LogP contribution is -2.59. The number of hydrogen-bond donors (Lipinski definition) is 0. The first-order valence-electron chi connectivity index (χ1n) is 25.4. The number of likely N-dealkylation sites (tertiary alicyclic amines) is 1. The van der Waals surface area contributed by atoms with Gasteiger partial charge < -0.3 is 4.74 Å². The van der Waals surface area contributed by atoms with Crippen LogP contribution in [0.2, 0.25) is 0 Å². The highest BCUT2D eigenvalue weighted by atomic mass is 32.2. The SMILES string of the molecule is CC(C)(C)N1CCCC1.CC(C)(C)N1CCOCC1.CC(C)(C)N1CCS(=O)(=O)CC1.CC(C)(C)N1CCS(=O)CC1.CC(C)(C)N1CCSCC1.CC1CN(C(C)(C)C)CC(C)N1C. The molecule has 0 aromatic heterocycles. The Balaban J connectivity index is 0.000000391. The lowest BCUT2D eigenvalue weighted by Gasteiger charge is -2.48. The van der Waals surface area contributed by atoms with Crippen molar-refractivity contribution in [3.8, 4) is 0 Å². The van der Waals surface area contributed by atoms with E-state index >= 15 is 0 Å². The second-order valence-electron chi connectivity index (χ2n) is 25.2. The number of nitrogens with zero attached hydrogens (tertiary/aromatic N) is 7. The molecule has 0 amide bonds. The molecular formula is C51H109N7O4S3. The predicted molar refractivity (Wildman–Crippen MR) is 289 cm³/mol. The van der Waals surface area contributed by atoms with E-state index in [-0.39, 0.29) is 11.1 Å². The zero-order valence-electron chi connectivity index (χ0n) is 46.7. The summed E-state index contributed by atoms with van der Waals surface area (Å²) in [5, 5.41) is 0. The van der Waals surface area contributed by atoms with Crippen LogP contribution in [0, 0.1) is 0 Å². The third-order valence-corrected chi connectivity index (χ3v) is 17.5.